The summed E-state index contributed by atoms with van der Waals surface area (Å²) in [7, 11) is 1.56. The van der Waals surface area contributed by atoms with Crippen molar-refractivity contribution in [3.8, 4) is 11.4 Å². The molecule has 0 unspecified atom stereocenters. The number of aromatic nitrogens is 3. The molecule has 1 aromatic carbocycles. The molecular weight excluding hydrogens is 278 g/mol. The van der Waals surface area contributed by atoms with Crippen LogP contribution in [0.3, 0.4) is 0 Å². The van der Waals surface area contributed by atoms with Crippen LogP contribution in [0, 0.1) is 0 Å². The molecule has 0 fully saturated rings. The van der Waals surface area contributed by atoms with Gasteiger partial charge in [-0.15, -0.1) is 5.10 Å². The Morgan fingerprint density at radius 2 is 2.15 bits per heavy atom. The molecule has 106 valence electrons. The summed E-state index contributed by atoms with van der Waals surface area (Å²) in [6.45, 7) is 3.78. The van der Waals surface area contributed by atoms with E-state index in [0.717, 1.165) is 11.4 Å². The van der Waals surface area contributed by atoms with Crippen LogP contribution in [0.4, 0.5) is 0 Å². The third kappa shape index (κ3) is 2.54. The second-order valence-corrected chi connectivity index (χ2v) is 4.65. The zero-order valence-electron chi connectivity index (χ0n) is 11.7. The molecule has 2 aromatic rings. The summed E-state index contributed by atoms with van der Waals surface area (Å²) < 4.78 is 6.77. The highest BCUT2D eigenvalue weighted by molar-refractivity contribution is 6.32. The van der Waals surface area contributed by atoms with E-state index in [1.54, 1.807) is 23.9 Å². The summed E-state index contributed by atoms with van der Waals surface area (Å²) in [5, 5.41) is 8.56. The number of methoxy groups -OCH3 is 1. The molecule has 0 aliphatic heterocycles. The molecule has 0 spiro atoms. The molecule has 0 aliphatic carbocycles. The number of halogens is 1. The van der Waals surface area contributed by atoms with Gasteiger partial charge in [0.1, 0.15) is 5.75 Å². The fourth-order valence-corrected chi connectivity index (χ4v) is 2.25. The van der Waals surface area contributed by atoms with Gasteiger partial charge in [-0.2, -0.15) is 0 Å². The van der Waals surface area contributed by atoms with Gasteiger partial charge in [0.05, 0.1) is 23.5 Å². The van der Waals surface area contributed by atoms with Gasteiger partial charge in [-0.05, 0) is 24.6 Å². The van der Waals surface area contributed by atoms with Crippen molar-refractivity contribution >= 4 is 17.4 Å². The van der Waals surface area contributed by atoms with E-state index in [0.29, 0.717) is 29.3 Å². The Balaban J connectivity index is 2.50. The van der Waals surface area contributed by atoms with Crippen LogP contribution < -0.4 is 4.74 Å². The van der Waals surface area contributed by atoms with Crippen molar-refractivity contribution in [3.63, 3.8) is 0 Å². The highest BCUT2D eigenvalue weighted by atomic mass is 35.5. The first-order chi connectivity index (χ1) is 9.62. The van der Waals surface area contributed by atoms with E-state index >= 15 is 0 Å². The Hall–Kier alpha value is -1.88. The monoisotopic (exact) mass is 293 g/mol. The van der Waals surface area contributed by atoms with Gasteiger partial charge in [0.15, 0.2) is 11.5 Å². The molecule has 2 rings (SSSR count). The van der Waals surface area contributed by atoms with Gasteiger partial charge in [-0.1, -0.05) is 30.7 Å². The normalized spacial score (nSPS) is 10.6. The van der Waals surface area contributed by atoms with Gasteiger partial charge < -0.3 is 4.74 Å². The average molecular weight is 294 g/mol. The highest BCUT2D eigenvalue weighted by Crippen LogP contribution is 2.27. The van der Waals surface area contributed by atoms with Crippen LogP contribution in [0.2, 0.25) is 5.02 Å². The maximum Gasteiger partial charge on any atom is 0.184 e. The smallest absolute Gasteiger partial charge is 0.184 e. The molecule has 0 saturated heterocycles. The molecule has 0 aliphatic rings. The average Bonchev–Trinajstić information content (AvgIpc) is 2.90. The predicted octanol–water partition coefficient (Wildman–Crippen LogP) is 3.08. The van der Waals surface area contributed by atoms with Crippen molar-refractivity contribution in [1.29, 1.82) is 0 Å². The number of Topliss-reactive ketones (excluding diaryl/α,β-unsaturated/α-hetero) is 1. The summed E-state index contributed by atoms with van der Waals surface area (Å²) in [5.74, 6) is 0.589. The van der Waals surface area contributed by atoms with Crippen molar-refractivity contribution in [3.05, 3.63) is 34.6 Å². The lowest BCUT2D eigenvalue weighted by molar-refractivity contribution is 0.0982. The van der Waals surface area contributed by atoms with Gasteiger partial charge >= 0.3 is 0 Å². The van der Waals surface area contributed by atoms with Crippen molar-refractivity contribution in [2.45, 2.75) is 26.7 Å². The van der Waals surface area contributed by atoms with Crippen molar-refractivity contribution < 1.29 is 9.53 Å². The molecule has 1 heterocycles. The van der Waals surface area contributed by atoms with Crippen LogP contribution in [0.25, 0.3) is 5.69 Å². The molecule has 0 radical (unpaired) electrons. The van der Waals surface area contributed by atoms with E-state index in [-0.39, 0.29) is 5.78 Å². The van der Waals surface area contributed by atoms with E-state index in [2.05, 4.69) is 10.3 Å². The minimum atomic E-state index is -0.00675. The molecule has 20 heavy (non-hydrogen) atoms. The first-order valence-electron chi connectivity index (χ1n) is 6.44. The number of ether oxygens (including phenoxy) is 1. The second kappa shape index (κ2) is 6.05. The van der Waals surface area contributed by atoms with E-state index in [9.17, 15) is 4.79 Å². The fourth-order valence-electron chi connectivity index (χ4n) is 2.00. The van der Waals surface area contributed by atoms with Gasteiger partial charge in [-0.25, -0.2) is 4.68 Å². The molecule has 0 saturated carbocycles. The standard InChI is InChI=1S/C14H16ClN3O2/c1-4-11-14(12(19)5-2)16-17-18(11)9-6-7-13(20-3)10(15)8-9/h6-8H,4-5H2,1-3H3. The molecule has 1 aromatic heterocycles. The molecule has 0 atom stereocenters. The number of rotatable bonds is 5. The van der Waals surface area contributed by atoms with Crippen LogP contribution in [0.15, 0.2) is 18.2 Å². The second-order valence-electron chi connectivity index (χ2n) is 4.25. The van der Waals surface area contributed by atoms with Gasteiger partial charge in [-0.3, -0.25) is 4.79 Å². The first-order valence-corrected chi connectivity index (χ1v) is 6.81. The fraction of sp³-hybridized carbons (Fsp3) is 0.357. The Morgan fingerprint density at radius 1 is 1.40 bits per heavy atom. The lowest BCUT2D eigenvalue weighted by atomic mass is 10.1. The van der Waals surface area contributed by atoms with Gasteiger partial charge in [0, 0.05) is 6.42 Å². The Labute approximate surface area is 122 Å². The Kier molecular flexibility index (Phi) is 4.39. The van der Waals surface area contributed by atoms with Gasteiger partial charge in [0.25, 0.3) is 0 Å². The summed E-state index contributed by atoms with van der Waals surface area (Å²) in [6, 6.07) is 5.34. The van der Waals surface area contributed by atoms with E-state index in [1.807, 2.05) is 19.9 Å². The van der Waals surface area contributed by atoms with E-state index < -0.39 is 0 Å². The number of ketones is 1. The number of carbonyl (C=O) groups excluding carboxylic acids is 1. The number of nitrogens with zero attached hydrogens (tertiary/aromatic N) is 3. The molecule has 6 heteroatoms. The van der Waals surface area contributed by atoms with Crippen molar-refractivity contribution in [1.82, 2.24) is 15.0 Å². The van der Waals surface area contributed by atoms with Crippen LogP contribution in [0.1, 0.15) is 36.5 Å². The number of benzene rings is 1. The van der Waals surface area contributed by atoms with Crippen LogP contribution in [0.5, 0.6) is 5.75 Å². The Morgan fingerprint density at radius 3 is 2.70 bits per heavy atom. The molecule has 5 nitrogen and oxygen atoms in total. The zero-order chi connectivity index (χ0) is 14.7. The SMILES string of the molecule is CCC(=O)c1nnn(-c2ccc(OC)c(Cl)c2)c1CC. The quantitative estimate of drug-likeness (QED) is 0.795. The number of carbonyl (C=O) groups is 1. The molecule has 0 N–H and O–H groups in total. The third-order valence-corrected chi connectivity index (χ3v) is 3.36. The van der Waals surface area contributed by atoms with Crippen molar-refractivity contribution in [2.24, 2.45) is 0 Å². The summed E-state index contributed by atoms with van der Waals surface area (Å²) in [5.41, 5.74) is 1.98. The van der Waals surface area contributed by atoms with Gasteiger partial charge in [0.2, 0.25) is 0 Å². The summed E-state index contributed by atoms with van der Waals surface area (Å²) >= 11 is 6.12. The largest absolute Gasteiger partial charge is 0.495 e. The number of hydrogen-bond donors (Lipinski definition) is 0. The van der Waals surface area contributed by atoms with E-state index in [4.69, 9.17) is 16.3 Å². The maximum atomic E-state index is 11.8. The van der Waals surface area contributed by atoms with Crippen LogP contribution in [-0.2, 0) is 6.42 Å². The van der Waals surface area contributed by atoms with Crippen LogP contribution >= 0.6 is 11.6 Å². The highest BCUT2D eigenvalue weighted by Gasteiger charge is 2.18. The van der Waals surface area contributed by atoms with E-state index in [1.165, 1.54) is 0 Å². The topological polar surface area (TPSA) is 57.0 Å². The third-order valence-electron chi connectivity index (χ3n) is 3.06. The predicted molar refractivity (Wildman–Crippen MR) is 76.9 cm³/mol. The molecular formula is C14H16ClN3O2. The number of hydrogen-bond acceptors (Lipinski definition) is 4. The minimum absolute atomic E-state index is 0.00675. The minimum Gasteiger partial charge on any atom is -0.495 e. The zero-order valence-corrected chi connectivity index (χ0v) is 12.4. The van der Waals surface area contributed by atoms with Crippen LogP contribution in [-0.4, -0.2) is 27.9 Å². The lowest BCUT2D eigenvalue weighted by Crippen LogP contribution is -2.06. The first kappa shape index (κ1) is 14.5. The maximum absolute atomic E-state index is 11.8. The summed E-state index contributed by atoms with van der Waals surface area (Å²) in [4.78, 5) is 11.8. The molecule has 0 amide bonds. The summed E-state index contributed by atoms with van der Waals surface area (Å²) in [6.07, 6.45) is 1.08. The Bertz CT molecular complexity index is 637. The lowest BCUT2D eigenvalue weighted by Gasteiger charge is -2.08. The van der Waals surface area contributed by atoms with Crippen molar-refractivity contribution in [2.75, 3.05) is 7.11 Å². The molecule has 0 bridgehead atoms.